The van der Waals surface area contributed by atoms with E-state index in [2.05, 4.69) is 11.2 Å². The first-order valence-electron chi connectivity index (χ1n) is 12.0. The molecule has 2 heterocycles. The summed E-state index contributed by atoms with van der Waals surface area (Å²) in [6.07, 6.45) is 8.61. The largest absolute Gasteiger partial charge is 0.436 e. The highest BCUT2D eigenvalue weighted by atomic mass is 35.5. The molecule has 1 N–H and O–H groups in total. The van der Waals surface area contributed by atoms with Crippen molar-refractivity contribution in [1.29, 1.82) is 0 Å². The zero-order valence-electron chi connectivity index (χ0n) is 20.1. The van der Waals surface area contributed by atoms with Crippen LogP contribution in [0.25, 0.3) is 0 Å². The molecule has 1 aromatic carbocycles. The maximum Gasteiger partial charge on any atom is 0.411 e. The molecule has 2 saturated heterocycles. The number of likely N-dealkylation sites (tertiary alicyclic amines) is 1. The first-order chi connectivity index (χ1) is 16.7. The van der Waals surface area contributed by atoms with Crippen LogP contribution in [0.4, 0.5) is 4.79 Å². The molecule has 2 aliphatic heterocycles. The van der Waals surface area contributed by atoms with E-state index in [4.69, 9.17) is 34.4 Å². The van der Waals surface area contributed by atoms with E-state index >= 15 is 0 Å². The number of benzene rings is 1. The Morgan fingerprint density at radius 1 is 1.26 bits per heavy atom. The second-order valence-electron chi connectivity index (χ2n) is 10.0. The molecule has 2 amide bonds. The van der Waals surface area contributed by atoms with Crippen LogP contribution in [0.2, 0.25) is 10.0 Å². The van der Waals surface area contributed by atoms with Crippen molar-refractivity contribution in [2.45, 2.75) is 56.5 Å². The number of amides is 2. The molecule has 0 radical (unpaired) electrons. The molecular formula is C26H31Cl2N3O4. The molecule has 7 nitrogen and oxygen atoms in total. The SMILES string of the molecule is C#CCOC(=O)N(C)[C@@]1(C(=O)N2CCCCC2C(=O)C2(C)CC2)CNC[C@@H]1c1ccc(Cl)c(Cl)c1. The van der Waals surface area contributed by atoms with Crippen LogP contribution < -0.4 is 5.32 Å². The molecule has 35 heavy (non-hydrogen) atoms. The fourth-order valence-electron chi connectivity index (χ4n) is 5.44. The minimum Gasteiger partial charge on any atom is -0.436 e. The van der Waals surface area contributed by atoms with Gasteiger partial charge in [0.05, 0.1) is 16.1 Å². The summed E-state index contributed by atoms with van der Waals surface area (Å²) in [7, 11) is 1.55. The summed E-state index contributed by atoms with van der Waals surface area (Å²) in [6, 6.07) is 4.74. The van der Waals surface area contributed by atoms with Crippen molar-refractivity contribution in [2.75, 3.05) is 33.3 Å². The highest BCUT2D eigenvalue weighted by Gasteiger charge is 2.59. The van der Waals surface area contributed by atoms with E-state index in [-0.39, 0.29) is 30.3 Å². The van der Waals surface area contributed by atoms with Gasteiger partial charge in [0.15, 0.2) is 12.4 Å². The highest BCUT2D eigenvalue weighted by molar-refractivity contribution is 6.42. The van der Waals surface area contributed by atoms with Gasteiger partial charge in [-0.25, -0.2) is 4.79 Å². The Kier molecular flexibility index (Phi) is 7.38. The summed E-state index contributed by atoms with van der Waals surface area (Å²) < 4.78 is 5.23. The number of piperidine rings is 1. The van der Waals surface area contributed by atoms with Crippen LogP contribution in [0, 0.1) is 17.8 Å². The topological polar surface area (TPSA) is 79.0 Å². The van der Waals surface area contributed by atoms with Gasteiger partial charge in [0.2, 0.25) is 0 Å². The van der Waals surface area contributed by atoms with Crippen molar-refractivity contribution in [3.8, 4) is 12.3 Å². The maximum atomic E-state index is 14.5. The number of nitrogens with one attached hydrogen (secondary N) is 1. The summed E-state index contributed by atoms with van der Waals surface area (Å²) in [5, 5.41) is 4.06. The molecular weight excluding hydrogens is 489 g/mol. The number of hydrogen-bond donors (Lipinski definition) is 1. The zero-order chi connectivity index (χ0) is 25.4. The monoisotopic (exact) mass is 519 g/mol. The summed E-state index contributed by atoms with van der Waals surface area (Å²) in [6.45, 7) is 2.87. The number of carbonyl (C=O) groups excluding carboxylic acids is 3. The molecule has 0 aromatic heterocycles. The van der Waals surface area contributed by atoms with Crippen molar-refractivity contribution < 1.29 is 19.1 Å². The predicted octanol–water partition coefficient (Wildman–Crippen LogP) is 3.87. The number of carbonyl (C=O) groups is 3. The number of likely N-dealkylation sites (N-methyl/N-ethyl adjacent to an activating group) is 1. The number of halogens is 2. The molecule has 3 fully saturated rings. The fraction of sp³-hybridized carbons (Fsp3) is 0.577. The van der Waals surface area contributed by atoms with Crippen LogP contribution in [-0.4, -0.2) is 72.5 Å². The summed E-state index contributed by atoms with van der Waals surface area (Å²) >= 11 is 12.5. The number of nitrogens with zero attached hydrogens (tertiary/aromatic N) is 2. The lowest BCUT2D eigenvalue weighted by Crippen LogP contribution is -2.66. The van der Waals surface area contributed by atoms with Crippen molar-refractivity contribution in [2.24, 2.45) is 5.41 Å². The third-order valence-corrected chi connectivity index (χ3v) is 8.59. The molecule has 3 aliphatic rings. The molecule has 0 bridgehead atoms. The minimum atomic E-state index is -1.33. The first kappa shape index (κ1) is 25.8. The lowest BCUT2D eigenvalue weighted by Gasteiger charge is -2.46. The number of terminal acetylenes is 1. The van der Waals surface area contributed by atoms with Crippen molar-refractivity contribution >= 4 is 41.0 Å². The van der Waals surface area contributed by atoms with E-state index in [9.17, 15) is 14.4 Å². The first-order valence-corrected chi connectivity index (χ1v) is 12.8. The Bertz CT molecular complexity index is 1070. The molecule has 0 spiro atoms. The van der Waals surface area contributed by atoms with Gasteiger partial charge < -0.3 is 15.0 Å². The number of Topliss-reactive ketones (excluding diaryl/α,β-unsaturated/α-hetero) is 1. The Labute approximate surface area is 216 Å². The lowest BCUT2D eigenvalue weighted by molar-refractivity contribution is -0.152. The molecule has 9 heteroatoms. The average Bonchev–Trinajstić information content (AvgIpc) is 3.46. The minimum absolute atomic E-state index is 0.121. The van der Waals surface area contributed by atoms with Crippen LogP contribution in [0.3, 0.4) is 0 Å². The van der Waals surface area contributed by atoms with Crippen LogP contribution in [0.1, 0.15) is 50.5 Å². The summed E-state index contributed by atoms with van der Waals surface area (Å²) in [4.78, 5) is 44.1. The van der Waals surface area contributed by atoms with Gasteiger partial charge in [0.1, 0.15) is 5.54 Å². The van der Waals surface area contributed by atoms with E-state index in [0.717, 1.165) is 31.2 Å². The van der Waals surface area contributed by atoms with Gasteiger partial charge in [-0.15, -0.1) is 6.42 Å². The van der Waals surface area contributed by atoms with Crippen molar-refractivity contribution in [3.63, 3.8) is 0 Å². The quantitative estimate of drug-likeness (QED) is 0.577. The Hall–Kier alpha value is -2.27. The molecule has 3 atom stereocenters. The van der Waals surface area contributed by atoms with Gasteiger partial charge in [0.25, 0.3) is 5.91 Å². The van der Waals surface area contributed by atoms with E-state index in [1.807, 2.05) is 13.0 Å². The van der Waals surface area contributed by atoms with Crippen LogP contribution in [0.5, 0.6) is 0 Å². The van der Waals surface area contributed by atoms with Crippen LogP contribution >= 0.6 is 23.2 Å². The fourth-order valence-corrected chi connectivity index (χ4v) is 5.74. The second-order valence-corrected chi connectivity index (χ2v) is 10.8. The smallest absolute Gasteiger partial charge is 0.411 e. The van der Waals surface area contributed by atoms with Crippen molar-refractivity contribution in [3.05, 3.63) is 33.8 Å². The predicted molar refractivity (Wildman–Crippen MR) is 134 cm³/mol. The Balaban J connectivity index is 1.76. The number of ether oxygens (including phenoxy) is 1. The standard InChI is InChI=1S/C26H31Cl2N3O4/c1-4-13-35-24(34)30(3)26(16-29-15-18(26)17-8-9-19(27)20(28)14-17)23(33)31-12-6-5-7-21(31)22(32)25(2)10-11-25/h1,8-9,14,18,21,29H,5-7,10-13,15-16H2,2-3H3/t18-,21?,26+/m1/s1. The maximum absolute atomic E-state index is 14.5. The van der Waals surface area contributed by atoms with Gasteiger partial charge in [-0.2, -0.15) is 0 Å². The molecule has 1 saturated carbocycles. The molecule has 188 valence electrons. The molecule has 4 rings (SSSR count). The lowest BCUT2D eigenvalue weighted by atomic mass is 9.78. The average molecular weight is 520 g/mol. The second kappa shape index (κ2) is 10.0. The number of hydrogen-bond acceptors (Lipinski definition) is 5. The van der Waals surface area contributed by atoms with Crippen molar-refractivity contribution in [1.82, 2.24) is 15.1 Å². The van der Waals surface area contributed by atoms with Crippen LogP contribution in [-0.2, 0) is 14.3 Å². The number of ketones is 1. The molecule has 1 aliphatic carbocycles. The summed E-state index contributed by atoms with van der Waals surface area (Å²) in [5.41, 5.74) is -0.922. The third kappa shape index (κ3) is 4.64. The van der Waals surface area contributed by atoms with E-state index in [0.29, 0.717) is 29.6 Å². The van der Waals surface area contributed by atoms with E-state index < -0.39 is 23.6 Å². The normalized spacial score (nSPS) is 27.1. The Morgan fingerprint density at radius 2 is 2.00 bits per heavy atom. The zero-order valence-corrected chi connectivity index (χ0v) is 21.6. The van der Waals surface area contributed by atoms with Gasteiger partial charge in [0, 0.05) is 38.0 Å². The number of rotatable bonds is 6. The van der Waals surface area contributed by atoms with Gasteiger partial charge in [-0.1, -0.05) is 42.1 Å². The van der Waals surface area contributed by atoms with Gasteiger partial charge in [-0.05, 0) is 49.8 Å². The van der Waals surface area contributed by atoms with Gasteiger partial charge >= 0.3 is 6.09 Å². The molecule has 1 aromatic rings. The van der Waals surface area contributed by atoms with E-state index in [1.54, 1.807) is 24.1 Å². The van der Waals surface area contributed by atoms with Gasteiger partial charge in [-0.3, -0.25) is 14.5 Å². The Morgan fingerprint density at radius 3 is 2.66 bits per heavy atom. The third-order valence-electron chi connectivity index (χ3n) is 7.85. The van der Waals surface area contributed by atoms with Crippen LogP contribution in [0.15, 0.2) is 18.2 Å². The summed E-state index contributed by atoms with van der Waals surface area (Å²) in [5.74, 6) is 1.71. The molecule has 1 unspecified atom stereocenters. The van der Waals surface area contributed by atoms with E-state index in [1.165, 1.54) is 4.90 Å². The highest BCUT2D eigenvalue weighted by Crippen LogP contribution is 2.48.